The van der Waals surface area contributed by atoms with Crippen LogP contribution in [-0.2, 0) is 10.8 Å². The van der Waals surface area contributed by atoms with Gasteiger partial charge in [0, 0.05) is 22.7 Å². The Morgan fingerprint density at radius 2 is 0.808 bits per heavy atom. The lowest BCUT2D eigenvalue weighted by atomic mass is 9.49. The second kappa shape index (κ2) is 6.61. The van der Waals surface area contributed by atoms with Crippen LogP contribution in [0.25, 0.3) is 0 Å². The maximum Gasteiger partial charge on any atom is 0.0125 e. The maximum absolute atomic E-state index is 2.44. The average molecular weight is 338 g/mol. The van der Waals surface area contributed by atoms with E-state index in [1.54, 1.807) is 0 Å². The zero-order chi connectivity index (χ0) is 18.0. The van der Waals surface area contributed by atoms with Crippen molar-refractivity contribution in [3.8, 4) is 0 Å². The molecule has 0 saturated carbocycles. The minimum atomic E-state index is -0.0806. The lowest BCUT2D eigenvalue weighted by Gasteiger charge is -2.53. The van der Waals surface area contributed by atoms with Crippen molar-refractivity contribution in [3.05, 3.63) is 120 Å². The van der Waals surface area contributed by atoms with E-state index in [1.807, 2.05) is 0 Å². The molecule has 130 valence electrons. The van der Waals surface area contributed by atoms with E-state index in [0.29, 0.717) is 11.8 Å². The summed E-state index contributed by atoms with van der Waals surface area (Å²) >= 11 is 0. The van der Waals surface area contributed by atoms with Gasteiger partial charge >= 0.3 is 0 Å². The van der Waals surface area contributed by atoms with Crippen LogP contribution in [0, 0.1) is 11.8 Å². The fourth-order valence-corrected chi connectivity index (χ4v) is 4.88. The Morgan fingerprint density at radius 3 is 1.12 bits per heavy atom. The lowest BCUT2D eigenvalue weighted by molar-refractivity contribution is 0.184. The van der Waals surface area contributed by atoms with Crippen LogP contribution >= 0.6 is 0 Å². The number of rotatable bonds is 5. The molecule has 0 spiro atoms. The van der Waals surface area contributed by atoms with Gasteiger partial charge in [0.1, 0.15) is 0 Å². The Labute approximate surface area is 157 Å². The van der Waals surface area contributed by atoms with E-state index in [-0.39, 0.29) is 10.8 Å². The van der Waals surface area contributed by atoms with Gasteiger partial charge in [0.05, 0.1) is 0 Å². The van der Waals surface area contributed by atoms with Gasteiger partial charge in [-0.1, -0.05) is 123 Å². The van der Waals surface area contributed by atoms with Crippen molar-refractivity contribution in [3.63, 3.8) is 0 Å². The highest BCUT2D eigenvalue weighted by Crippen LogP contribution is 2.55. The molecule has 0 amide bonds. The first-order valence-corrected chi connectivity index (χ1v) is 9.48. The second-order valence-corrected chi connectivity index (χ2v) is 7.73. The summed E-state index contributed by atoms with van der Waals surface area (Å²) < 4.78 is 0. The number of allylic oxidation sites excluding steroid dienone is 8. The molecule has 2 aliphatic rings. The van der Waals surface area contributed by atoms with Crippen molar-refractivity contribution >= 4 is 0 Å². The normalized spacial score (nSPS) is 21.2. The minimum Gasteiger partial charge on any atom is -0.0767 e. The highest BCUT2D eigenvalue weighted by molar-refractivity contribution is 5.46. The van der Waals surface area contributed by atoms with E-state index >= 15 is 0 Å². The molecule has 0 saturated heterocycles. The molecule has 0 heteroatoms. The van der Waals surface area contributed by atoms with Crippen LogP contribution in [-0.4, -0.2) is 0 Å². The predicted molar refractivity (Wildman–Crippen MR) is 111 cm³/mol. The van der Waals surface area contributed by atoms with Crippen molar-refractivity contribution < 1.29 is 0 Å². The molecule has 0 radical (unpaired) electrons. The molecular weight excluding hydrogens is 312 g/mol. The first-order valence-electron chi connectivity index (χ1n) is 9.48. The van der Waals surface area contributed by atoms with Gasteiger partial charge in [-0.05, 0) is 11.1 Å². The summed E-state index contributed by atoms with van der Waals surface area (Å²) in [5.74, 6) is 0.718. The Bertz CT molecular complexity index is 769. The average Bonchev–Trinajstić information content (AvgIpc) is 3.42. The number of benzene rings is 2. The highest BCUT2D eigenvalue weighted by atomic mass is 14.6. The summed E-state index contributed by atoms with van der Waals surface area (Å²) in [5, 5.41) is 0. The molecule has 0 aliphatic heterocycles. The molecule has 0 bridgehead atoms. The Kier molecular flexibility index (Phi) is 4.28. The van der Waals surface area contributed by atoms with Crippen molar-refractivity contribution in [2.45, 2.75) is 24.7 Å². The molecule has 0 nitrogen and oxygen atoms in total. The van der Waals surface area contributed by atoms with Crippen LogP contribution in [0.3, 0.4) is 0 Å². The molecule has 0 N–H and O–H groups in total. The SMILES string of the molecule is CC(c1ccccc1)(C1C=CC=C1)C(C)(c1ccccc1)C1C=CC=C1. The Hall–Kier alpha value is -2.60. The van der Waals surface area contributed by atoms with Crippen LogP contribution in [0.1, 0.15) is 25.0 Å². The summed E-state index contributed by atoms with van der Waals surface area (Å²) in [7, 11) is 0. The molecule has 4 rings (SSSR count). The summed E-state index contributed by atoms with van der Waals surface area (Å²) in [6.45, 7) is 4.89. The van der Waals surface area contributed by atoms with Gasteiger partial charge in [0.15, 0.2) is 0 Å². The topological polar surface area (TPSA) is 0 Å². The zero-order valence-corrected chi connectivity index (χ0v) is 15.5. The summed E-state index contributed by atoms with van der Waals surface area (Å²) in [5.41, 5.74) is 2.62. The highest BCUT2D eigenvalue weighted by Gasteiger charge is 2.53. The van der Waals surface area contributed by atoms with E-state index in [1.165, 1.54) is 11.1 Å². The molecule has 2 unspecified atom stereocenters. The third-order valence-electron chi connectivity index (χ3n) is 6.66. The molecule has 0 fully saturated rings. The van der Waals surface area contributed by atoms with Gasteiger partial charge < -0.3 is 0 Å². The van der Waals surface area contributed by atoms with Crippen molar-refractivity contribution in [2.75, 3.05) is 0 Å². The smallest absolute Gasteiger partial charge is 0.0125 e. The lowest BCUT2D eigenvalue weighted by Crippen LogP contribution is -2.52. The van der Waals surface area contributed by atoms with E-state index in [4.69, 9.17) is 0 Å². The van der Waals surface area contributed by atoms with E-state index < -0.39 is 0 Å². The molecule has 0 aromatic heterocycles. The quantitative estimate of drug-likeness (QED) is 0.593. The second-order valence-electron chi connectivity index (χ2n) is 7.73. The zero-order valence-electron chi connectivity index (χ0n) is 15.5. The van der Waals surface area contributed by atoms with E-state index in [0.717, 1.165) is 0 Å². The maximum atomic E-state index is 2.44. The molecule has 2 aliphatic carbocycles. The summed E-state index contributed by atoms with van der Waals surface area (Å²) in [6, 6.07) is 22.1. The summed E-state index contributed by atoms with van der Waals surface area (Å²) in [4.78, 5) is 0. The summed E-state index contributed by atoms with van der Waals surface area (Å²) in [6.07, 6.45) is 18.2. The molecule has 2 aromatic carbocycles. The fourth-order valence-electron chi connectivity index (χ4n) is 4.88. The van der Waals surface area contributed by atoms with E-state index in [9.17, 15) is 0 Å². The number of hydrogen-bond donors (Lipinski definition) is 0. The van der Waals surface area contributed by atoms with Crippen LogP contribution in [0.4, 0.5) is 0 Å². The van der Waals surface area contributed by atoms with Gasteiger partial charge in [-0.2, -0.15) is 0 Å². The van der Waals surface area contributed by atoms with Gasteiger partial charge in [0.2, 0.25) is 0 Å². The van der Waals surface area contributed by atoms with E-state index in [2.05, 4.69) is 123 Å². The van der Waals surface area contributed by atoms with Crippen LogP contribution in [0.15, 0.2) is 109 Å². The Balaban J connectivity index is 1.99. The monoisotopic (exact) mass is 338 g/mol. The van der Waals surface area contributed by atoms with Crippen molar-refractivity contribution in [1.82, 2.24) is 0 Å². The van der Waals surface area contributed by atoms with Gasteiger partial charge in [0.25, 0.3) is 0 Å². The van der Waals surface area contributed by atoms with Crippen LogP contribution < -0.4 is 0 Å². The largest absolute Gasteiger partial charge is 0.0767 e. The van der Waals surface area contributed by atoms with Crippen molar-refractivity contribution in [1.29, 1.82) is 0 Å². The van der Waals surface area contributed by atoms with Gasteiger partial charge in [-0.15, -0.1) is 0 Å². The van der Waals surface area contributed by atoms with Gasteiger partial charge in [-0.25, -0.2) is 0 Å². The molecular formula is C26H26. The van der Waals surface area contributed by atoms with Crippen LogP contribution in [0.5, 0.6) is 0 Å². The first kappa shape index (κ1) is 16.8. The standard InChI is InChI=1S/C26H26/c1-25(23-17-9-10-18-23,21-13-5-3-6-14-21)26(2,24-19-11-12-20-24)22-15-7-4-8-16-22/h3-20,23-24H,1-2H3. The third-order valence-corrected chi connectivity index (χ3v) is 6.66. The molecule has 2 aromatic rings. The van der Waals surface area contributed by atoms with Gasteiger partial charge in [-0.3, -0.25) is 0 Å². The first-order chi connectivity index (χ1) is 12.7. The van der Waals surface area contributed by atoms with Crippen LogP contribution in [0.2, 0.25) is 0 Å². The third kappa shape index (κ3) is 2.44. The fraction of sp³-hybridized carbons (Fsp3) is 0.231. The van der Waals surface area contributed by atoms with Crippen molar-refractivity contribution in [2.24, 2.45) is 11.8 Å². The molecule has 26 heavy (non-hydrogen) atoms. The Morgan fingerprint density at radius 1 is 0.500 bits per heavy atom. The molecule has 0 heterocycles. The minimum absolute atomic E-state index is 0.0806. The molecule has 2 atom stereocenters. The number of hydrogen-bond acceptors (Lipinski definition) is 0. The predicted octanol–water partition coefficient (Wildman–Crippen LogP) is 6.39.